The van der Waals surface area contributed by atoms with E-state index < -0.39 is 0 Å². The van der Waals surface area contributed by atoms with Crippen molar-refractivity contribution in [2.45, 2.75) is 44.7 Å². The van der Waals surface area contributed by atoms with E-state index in [2.05, 4.69) is 10.3 Å². The number of nitrogens with zero attached hydrogens (tertiary/aromatic N) is 3. The third-order valence-electron chi connectivity index (χ3n) is 5.78. The molecule has 0 saturated carbocycles. The molecular weight excluding hydrogens is 368 g/mol. The quantitative estimate of drug-likeness (QED) is 0.837. The molecule has 2 aromatic rings. The molecule has 0 radical (unpaired) electrons. The second-order valence-electron chi connectivity index (χ2n) is 7.58. The van der Waals surface area contributed by atoms with E-state index in [0.29, 0.717) is 5.75 Å². The summed E-state index contributed by atoms with van der Waals surface area (Å²) in [7, 11) is 3.24. The molecule has 0 spiro atoms. The van der Waals surface area contributed by atoms with E-state index in [0.717, 1.165) is 73.7 Å². The molecule has 0 aliphatic carbocycles. The second-order valence-corrected chi connectivity index (χ2v) is 7.58. The van der Waals surface area contributed by atoms with Crippen LogP contribution in [0.1, 0.15) is 47.9 Å². The molecule has 3 heterocycles. The number of likely N-dealkylation sites (tertiary alicyclic amines) is 1. The van der Waals surface area contributed by atoms with Crippen LogP contribution in [0.3, 0.4) is 0 Å². The number of rotatable bonds is 5. The third kappa shape index (κ3) is 4.19. The molecule has 0 bridgehead atoms. The predicted octanol–water partition coefficient (Wildman–Crippen LogP) is 2.44. The minimum Gasteiger partial charge on any atom is -0.497 e. The number of methoxy groups -OCH3 is 2. The Morgan fingerprint density at radius 3 is 3.00 bits per heavy atom. The number of piperidine rings is 1. The molecule has 1 fully saturated rings. The standard InChI is InChI=1S/C22H28N4O3/c1-28-17-6-7-20(29-2)15(11-17)12-21(27)26-10-4-3-5-19(26)22-24-14-16-13-23-9-8-18(16)25-22/h6-7,11,14,19,23H,3-5,8-10,12-13H2,1-2H3. The fourth-order valence-electron chi connectivity index (χ4n) is 4.20. The van der Waals surface area contributed by atoms with E-state index in [1.807, 2.05) is 29.3 Å². The average molecular weight is 396 g/mol. The normalized spacial score (nSPS) is 18.8. The number of amides is 1. The Kier molecular flexibility index (Phi) is 5.94. The highest BCUT2D eigenvalue weighted by Gasteiger charge is 2.31. The van der Waals surface area contributed by atoms with Gasteiger partial charge in [-0.25, -0.2) is 9.97 Å². The number of aromatic nitrogens is 2. The first kappa shape index (κ1) is 19.6. The van der Waals surface area contributed by atoms with Gasteiger partial charge in [0.2, 0.25) is 5.91 Å². The highest BCUT2D eigenvalue weighted by molar-refractivity contribution is 5.80. The van der Waals surface area contributed by atoms with Crippen LogP contribution < -0.4 is 14.8 Å². The van der Waals surface area contributed by atoms with Gasteiger partial charge in [0.1, 0.15) is 11.5 Å². The first-order chi connectivity index (χ1) is 14.2. The van der Waals surface area contributed by atoms with Crippen molar-refractivity contribution in [2.75, 3.05) is 27.3 Å². The van der Waals surface area contributed by atoms with E-state index in [1.165, 1.54) is 0 Å². The summed E-state index contributed by atoms with van der Waals surface area (Å²) in [6.45, 7) is 2.49. The van der Waals surface area contributed by atoms with Gasteiger partial charge in [-0.3, -0.25) is 4.79 Å². The molecule has 29 heavy (non-hydrogen) atoms. The highest BCUT2D eigenvalue weighted by atomic mass is 16.5. The van der Waals surface area contributed by atoms with Gasteiger partial charge in [0, 0.05) is 49.1 Å². The fourth-order valence-corrected chi connectivity index (χ4v) is 4.20. The van der Waals surface area contributed by atoms with Crippen LogP contribution in [0.15, 0.2) is 24.4 Å². The van der Waals surface area contributed by atoms with Gasteiger partial charge in [-0.1, -0.05) is 0 Å². The Bertz CT molecular complexity index is 886. The average Bonchev–Trinajstić information content (AvgIpc) is 2.78. The van der Waals surface area contributed by atoms with E-state index >= 15 is 0 Å². The first-order valence-electron chi connectivity index (χ1n) is 10.3. The van der Waals surface area contributed by atoms with Gasteiger partial charge in [0.25, 0.3) is 0 Å². The smallest absolute Gasteiger partial charge is 0.227 e. The van der Waals surface area contributed by atoms with Crippen molar-refractivity contribution in [1.82, 2.24) is 20.2 Å². The van der Waals surface area contributed by atoms with E-state index in [-0.39, 0.29) is 18.4 Å². The second kappa shape index (κ2) is 8.78. The van der Waals surface area contributed by atoms with Crippen LogP contribution in [0.5, 0.6) is 11.5 Å². The van der Waals surface area contributed by atoms with Crippen molar-refractivity contribution in [1.29, 1.82) is 0 Å². The minimum atomic E-state index is -0.0620. The monoisotopic (exact) mass is 396 g/mol. The molecule has 1 N–H and O–H groups in total. The van der Waals surface area contributed by atoms with Crippen molar-refractivity contribution in [3.05, 3.63) is 47.0 Å². The number of fused-ring (bicyclic) bond motifs is 1. The maximum atomic E-state index is 13.3. The Morgan fingerprint density at radius 1 is 1.28 bits per heavy atom. The minimum absolute atomic E-state index is 0.0620. The van der Waals surface area contributed by atoms with E-state index in [1.54, 1.807) is 14.2 Å². The van der Waals surface area contributed by atoms with Crippen LogP contribution in [0, 0.1) is 0 Å². The summed E-state index contributed by atoms with van der Waals surface area (Å²) in [6.07, 6.45) is 6.09. The highest BCUT2D eigenvalue weighted by Crippen LogP contribution is 2.31. The van der Waals surface area contributed by atoms with Gasteiger partial charge in [-0.2, -0.15) is 0 Å². The van der Waals surface area contributed by atoms with Gasteiger partial charge < -0.3 is 19.7 Å². The van der Waals surface area contributed by atoms with Gasteiger partial charge >= 0.3 is 0 Å². The SMILES string of the molecule is COc1ccc(OC)c(CC(=O)N2CCCCC2c2ncc3c(n2)CCNC3)c1. The molecule has 1 aromatic heterocycles. The molecule has 2 aliphatic heterocycles. The lowest BCUT2D eigenvalue weighted by molar-refractivity contribution is -0.134. The Morgan fingerprint density at radius 2 is 2.17 bits per heavy atom. The van der Waals surface area contributed by atoms with Crippen LogP contribution in [-0.2, 0) is 24.2 Å². The van der Waals surface area contributed by atoms with Gasteiger partial charge in [0.15, 0.2) is 5.82 Å². The molecule has 4 rings (SSSR count). The number of carbonyl (C=O) groups excluding carboxylic acids is 1. The summed E-state index contributed by atoms with van der Waals surface area (Å²) in [6, 6.07) is 5.49. The number of carbonyl (C=O) groups is 1. The zero-order valence-electron chi connectivity index (χ0n) is 17.1. The van der Waals surface area contributed by atoms with E-state index in [4.69, 9.17) is 14.5 Å². The van der Waals surface area contributed by atoms with Gasteiger partial charge in [-0.15, -0.1) is 0 Å². The summed E-state index contributed by atoms with van der Waals surface area (Å²) in [5, 5.41) is 3.35. The van der Waals surface area contributed by atoms with Crippen molar-refractivity contribution >= 4 is 5.91 Å². The van der Waals surface area contributed by atoms with E-state index in [9.17, 15) is 4.79 Å². The lowest BCUT2D eigenvalue weighted by atomic mass is 9.99. The number of benzene rings is 1. The largest absolute Gasteiger partial charge is 0.497 e. The molecule has 7 nitrogen and oxygen atoms in total. The Hall–Kier alpha value is -2.67. The van der Waals surface area contributed by atoms with Crippen LogP contribution in [0.2, 0.25) is 0 Å². The number of ether oxygens (including phenoxy) is 2. The Balaban J connectivity index is 1.57. The lowest BCUT2D eigenvalue weighted by Gasteiger charge is -2.35. The third-order valence-corrected chi connectivity index (χ3v) is 5.78. The van der Waals surface area contributed by atoms with Crippen molar-refractivity contribution in [3.63, 3.8) is 0 Å². The topological polar surface area (TPSA) is 76.6 Å². The maximum Gasteiger partial charge on any atom is 0.227 e. The summed E-state index contributed by atoms with van der Waals surface area (Å²) >= 11 is 0. The van der Waals surface area contributed by atoms with Crippen LogP contribution in [-0.4, -0.2) is 48.1 Å². The molecule has 1 unspecified atom stereocenters. The summed E-state index contributed by atoms with van der Waals surface area (Å²) in [5.41, 5.74) is 3.11. The van der Waals surface area contributed by atoms with Crippen molar-refractivity contribution < 1.29 is 14.3 Å². The molecule has 1 amide bonds. The molecule has 1 atom stereocenters. The predicted molar refractivity (Wildman–Crippen MR) is 109 cm³/mol. The van der Waals surface area contributed by atoms with Crippen molar-refractivity contribution in [3.8, 4) is 11.5 Å². The molecule has 7 heteroatoms. The molecule has 1 saturated heterocycles. The van der Waals surface area contributed by atoms with Gasteiger partial charge in [-0.05, 0) is 37.5 Å². The molecule has 2 aliphatic rings. The number of hydrogen-bond acceptors (Lipinski definition) is 6. The van der Waals surface area contributed by atoms with Crippen LogP contribution in [0.25, 0.3) is 0 Å². The maximum absolute atomic E-state index is 13.3. The van der Waals surface area contributed by atoms with Gasteiger partial charge in [0.05, 0.1) is 26.7 Å². The molecule has 154 valence electrons. The zero-order chi connectivity index (χ0) is 20.2. The lowest BCUT2D eigenvalue weighted by Crippen LogP contribution is -2.40. The number of hydrogen-bond donors (Lipinski definition) is 1. The van der Waals surface area contributed by atoms with Crippen LogP contribution >= 0.6 is 0 Å². The molecule has 1 aromatic carbocycles. The Labute approximate surface area is 171 Å². The zero-order valence-corrected chi connectivity index (χ0v) is 17.1. The van der Waals surface area contributed by atoms with Crippen LogP contribution in [0.4, 0.5) is 0 Å². The van der Waals surface area contributed by atoms with Crippen molar-refractivity contribution in [2.24, 2.45) is 0 Å². The first-order valence-corrected chi connectivity index (χ1v) is 10.3. The number of nitrogens with one attached hydrogen (secondary N) is 1. The summed E-state index contributed by atoms with van der Waals surface area (Å²) in [5.74, 6) is 2.27. The summed E-state index contributed by atoms with van der Waals surface area (Å²) in [4.78, 5) is 24.7. The summed E-state index contributed by atoms with van der Waals surface area (Å²) < 4.78 is 10.8. The fraction of sp³-hybridized carbons (Fsp3) is 0.500. The molecular formula is C22H28N4O3.